The number of anilines is 1. The van der Waals surface area contributed by atoms with E-state index in [1.54, 1.807) is 6.07 Å². The first-order chi connectivity index (χ1) is 9.16. The zero-order valence-corrected chi connectivity index (χ0v) is 11.7. The Kier molecular flexibility index (Phi) is 4.42. The molecule has 19 heavy (non-hydrogen) atoms. The molecule has 1 fully saturated rings. The van der Waals surface area contributed by atoms with E-state index < -0.39 is 0 Å². The Morgan fingerprint density at radius 2 is 2.05 bits per heavy atom. The number of hydrogen-bond acceptors (Lipinski definition) is 3. The Bertz CT molecular complexity index is 418. The van der Waals surface area contributed by atoms with E-state index in [9.17, 15) is 4.39 Å². The molecule has 4 heteroatoms. The molecule has 1 aliphatic carbocycles. The Balaban J connectivity index is 2.19. The van der Waals surface area contributed by atoms with Gasteiger partial charge in [-0.25, -0.2) is 4.39 Å². The van der Waals surface area contributed by atoms with Gasteiger partial charge in [-0.3, -0.25) is 0 Å². The summed E-state index contributed by atoms with van der Waals surface area (Å²) in [7, 11) is 0. The molecule has 0 radical (unpaired) electrons. The summed E-state index contributed by atoms with van der Waals surface area (Å²) in [5.74, 6) is -0.183. The number of ether oxygens (including phenoxy) is 1. The van der Waals surface area contributed by atoms with Crippen LogP contribution in [0.25, 0.3) is 0 Å². The first-order valence-electron chi connectivity index (χ1n) is 7.00. The number of benzene rings is 1. The van der Waals surface area contributed by atoms with Crippen LogP contribution in [0.2, 0.25) is 0 Å². The molecule has 2 N–H and O–H groups in total. The van der Waals surface area contributed by atoms with Crippen molar-refractivity contribution in [3.05, 3.63) is 30.1 Å². The first-order valence-corrected chi connectivity index (χ1v) is 7.00. The van der Waals surface area contributed by atoms with Crippen molar-refractivity contribution in [1.82, 2.24) is 0 Å². The highest BCUT2D eigenvalue weighted by atomic mass is 19.1. The van der Waals surface area contributed by atoms with Crippen LogP contribution < -0.4 is 10.6 Å². The summed E-state index contributed by atoms with van der Waals surface area (Å²) in [5, 5.41) is 0. The van der Waals surface area contributed by atoms with E-state index >= 15 is 0 Å². The van der Waals surface area contributed by atoms with E-state index in [4.69, 9.17) is 10.5 Å². The van der Waals surface area contributed by atoms with Crippen molar-refractivity contribution in [3.63, 3.8) is 0 Å². The molecular formula is C15H23FN2O. The van der Waals surface area contributed by atoms with Gasteiger partial charge in [-0.05, 0) is 38.8 Å². The van der Waals surface area contributed by atoms with Gasteiger partial charge >= 0.3 is 0 Å². The number of halogens is 1. The second-order valence-corrected chi connectivity index (χ2v) is 5.11. The Hall–Kier alpha value is -1.13. The number of hydrogen-bond donors (Lipinski definition) is 1. The molecule has 1 aromatic rings. The van der Waals surface area contributed by atoms with Gasteiger partial charge in [0, 0.05) is 19.7 Å². The molecule has 0 spiro atoms. The Morgan fingerprint density at radius 3 is 2.58 bits per heavy atom. The molecule has 0 saturated heterocycles. The zero-order chi connectivity index (χ0) is 13.9. The zero-order valence-electron chi connectivity index (χ0n) is 11.7. The molecule has 0 heterocycles. The first kappa shape index (κ1) is 14.3. The normalized spacial score (nSPS) is 26.0. The summed E-state index contributed by atoms with van der Waals surface area (Å²) in [6.45, 7) is 6.03. The standard InChI is InChI=1S/C15H23FN2O/c1-3-18(14-8-6-5-7-13(14)16)15(11-17)9-12(10-15)19-4-2/h5-8,12H,3-4,9-11,17H2,1-2H3. The molecule has 3 nitrogen and oxygen atoms in total. The number of nitrogens with two attached hydrogens (primary N) is 1. The van der Waals surface area contributed by atoms with E-state index in [-0.39, 0.29) is 17.5 Å². The van der Waals surface area contributed by atoms with Gasteiger partial charge in [-0.15, -0.1) is 0 Å². The molecule has 0 aliphatic heterocycles. The molecule has 106 valence electrons. The number of rotatable bonds is 6. The van der Waals surface area contributed by atoms with Gasteiger partial charge in [-0.2, -0.15) is 0 Å². The SMILES string of the molecule is CCOC1CC(CN)(N(CC)c2ccccc2F)C1. The quantitative estimate of drug-likeness (QED) is 0.860. The van der Waals surface area contributed by atoms with Gasteiger partial charge in [0.25, 0.3) is 0 Å². The summed E-state index contributed by atoms with van der Waals surface area (Å²) in [6, 6.07) is 6.90. The van der Waals surface area contributed by atoms with Gasteiger partial charge in [0.2, 0.25) is 0 Å². The summed E-state index contributed by atoms with van der Waals surface area (Å²) >= 11 is 0. The largest absolute Gasteiger partial charge is 0.378 e. The van der Waals surface area contributed by atoms with Crippen molar-refractivity contribution >= 4 is 5.69 Å². The van der Waals surface area contributed by atoms with E-state index in [1.807, 2.05) is 26.0 Å². The van der Waals surface area contributed by atoms with Crippen LogP contribution in [-0.2, 0) is 4.74 Å². The highest BCUT2D eigenvalue weighted by Gasteiger charge is 2.48. The minimum atomic E-state index is -0.183. The van der Waals surface area contributed by atoms with Crippen LogP contribution in [0, 0.1) is 5.82 Å². The third-order valence-electron chi connectivity index (χ3n) is 4.03. The second kappa shape index (κ2) is 5.88. The maximum atomic E-state index is 14.0. The van der Waals surface area contributed by atoms with Crippen LogP contribution in [-0.4, -0.2) is 31.3 Å². The van der Waals surface area contributed by atoms with E-state index in [0.29, 0.717) is 12.2 Å². The van der Waals surface area contributed by atoms with Crippen molar-refractivity contribution in [2.45, 2.75) is 38.3 Å². The van der Waals surface area contributed by atoms with Crippen molar-refractivity contribution in [2.75, 3.05) is 24.6 Å². The molecule has 1 saturated carbocycles. The van der Waals surface area contributed by atoms with Crippen molar-refractivity contribution in [3.8, 4) is 0 Å². The van der Waals surface area contributed by atoms with Gasteiger partial charge < -0.3 is 15.4 Å². The van der Waals surface area contributed by atoms with E-state index in [0.717, 1.165) is 26.0 Å². The summed E-state index contributed by atoms with van der Waals surface area (Å²) in [4.78, 5) is 2.10. The van der Waals surface area contributed by atoms with Crippen LogP contribution in [0.1, 0.15) is 26.7 Å². The minimum absolute atomic E-state index is 0.156. The molecule has 0 aromatic heterocycles. The van der Waals surface area contributed by atoms with Crippen LogP contribution in [0.4, 0.5) is 10.1 Å². The van der Waals surface area contributed by atoms with Crippen molar-refractivity contribution in [1.29, 1.82) is 0 Å². The maximum Gasteiger partial charge on any atom is 0.146 e. The fourth-order valence-electron chi connectivity index (χ4n) is 3.07. The Morgan fingerprint density at radius 1 is 1.37 bits per heavy atom. The molecular weight excluding hydrogens is 243 g/mol. The lowest BCUT2D eigenvalue weighted by Gasteiger charge is -2.54. The summed E-state index contributed by atoms with van der Waals surface area (Å²) in [5.41, 5.74) is 6.46. The van der Waals surface area contributed by atoms with Crippen molar-refractivity contribution in [2.24, 2.45) is 5.73 Å². The second-order valence-electron chi connectivity index (χ2n) is 5.11. The predicted molar refractivity (Wildman–Crippen MR) is 75.9 cm³/mol. The molecule has 0 atom stereocenters. The Labute approximate surface area is 114 Å². The lowest BCUT2D eigenvalue weighted by Crippen LogP contribution is -2.64. The molecule has 1 aromatic carbocycles. The van der Waals surface area contributed by atoms with Crippen molar-refractivity contribution < 1.29 is 9.13 Å². The van der Waals surface area contributed by atoms with Gasteiger partial charge in [-0.1, -0.05) is 12.1 Å². The minimum Gasteiger partial charge on any atom is -0.378 e. The van der Waals surface area contributed by atoms with Crippen LogP contribution >= 0.6 is 0 Å². The number of nitrogens with zero attached hydrogens (tertiary/aromatic N) is 1. The molecule has 2 rings (SSSR count). The lowest BCUT2D eigenvalue weighted by molar-refractivity contribution is -0.0368. The smallest absolute Gasteiger partial charge is 0.146 e. The predicted octanol–water partition coefficient (Wildman–Crippen LogP) is 2.55. The van der Waals surface area contributed by atoms with Gasteiger partial charge in [0.1, 0.15) is 5.82 Å². The molecule has 0 bridgehead atoms. The van der Waals surface area contributed by atoms with Crippen LogP contribution in [0.3, 0.4) is 0 Å². The third-order valence-corrected chi connectivity index (χ3v) is 4.03. The van der Waals surface area contributed by atoms with Crippen LogP contribution in [0.5, 0.6) is 0 Å². The summed E-state index contributed by atoms with van der Waals surface area (Å²) < 4.78 is 19.6. The average molecular weight is 266 g/mol. The maximum absolute atomic E-state index is 14.0. The van der Waals surface area contributed by atoms with Crippen LogP contribution in [0.15, 0.2) is 24.3 Å². The fourth-order valence-corrected chi connectivity index (χ4v) is 3.07. The fraction of sp³-hybridized carbons (Fsp3) is 0.600. The topological polar surface area (TPSA) is 38.5 Å². The number of likely N-dealkylation sites (N-methyl/N-ethyl adjacent to an activating group) is 1. The highest BCUT2D eigenvalue weighted by Crippen LogP contribution is 2.42. The molecule has 1 aliphatic rings. The monoisotopic (exact) mass is 266 g/mol. The lowest BCUT2D eigenvalue weighted by atomic mass is 9.72. The molecule has 0 amide bonds. The highest BCUT2D eigenvalue weighted by molar-refractivity contribution is 5.51. The average Bonchev–Trinajstić information content (AvgIpc) is 2.38. The van der Waals surface area contributed by atoms with E-state index in [2.05, 4.69) is 4.90 Å². The molecule has 0 unspecified atom stereocenters. The number of para-hydroxylation sites is 1. The summed E-state index contributed by atoms with van der Waals surface area (Å²) in [6.07, 6.45) is 2.01. The van der Waals surface area contributed by atoms with E-state index in [1.165, 1.54) is 6.07 Å². The third kappa shape index (κ3) is 2.60. The van der Waals surface area contributed by atoms with Gasteiger partial charge in [0.15, 0.2) is 0 Å². The van der Waals surface area contributed by atoms with Gasteiger partial charge in [0.05, 0.1) is 17.3 Å².